The number of ether oxygens (including phenoxy) is 3. The molecule has 2 heterocycles. The Balaban J connectivity index is 2.28. The first-order valence-electron chi connectivity index (χ1n) is 7.93. The predicted molar refractivity (Wildman–Crippen MR) is 77.4 cm³/mol. The number of hydrogen-bond donors (Lipinski definition) is 1. The average molecular weight is 381 g/mol. The second kappa shape index (κ2) is 7.32. The number of nitrogens with zero attached hydrogens (tertiary/aromatic N) is 1. The summed E-state index contributed by atoms with van der Waals surface area (Å²) in [5.41, 5.74) is -3.06. The third kappa shape index (κ3) is 4.71. The Morgan fingerprint density at radius 2 is 2.15 bits per heavy atom. The summed E-state index contributed by atoms with van der Waals surface area (Å²) in [6, 6.07) is 0. The van der Waals surface area contributed by atoms with Crippen LogP contribution < -0.4 is 11.2 Å². The molecule has 1 N–H and O–H groups in total. The number of nitrogens with one attached hydrogen (secondary N) is 1. The Labute approximate surface area is 145 Å². The Kier molecular flexibility index (Phi) is 5.11. The van der Waals surface area contributed by atoms with Gasteiger partial charge in [0.05, 0.1) is 6.10 Å². The summed E-state index contributed by atoms with van der Waals surface area (Å²) in [6.07, 6.45) is -6.95. The first-order chi connectivity index (χ1) is 12.5. The summed E-state index contributed by atoms with van der Waals surface area (Å²) < 4.78 is 59.0. The van der Waals surface area contributed by atoms with E-state index in [2.05, 4.69) is 4.74 Å². The highest BCUT2D eigenvalue weighted by molar-refractivity contribution is 5.88. The minimum atomic E-state index is -4.79. The standard InChI is InChI=1S/C14H15F3N2O7/c1-6-9(26-7(2)20)3-10(25-6)19-4-8(11(21)18-13(19)23)12(22)24-5-14(15,16)17/h4,6,9-10H,3,5H2,1-2H3,(H,18,21,23)/t6-,9?,10-/m1/s1/i1D. The highest BCUT2D eigenvalue weighted by Crippen LogP contribution is 2.29. The number of esters is 2. The molecular weight excluding hydrogens is 365 g/mol. The van der Waals surface area contributed by atoms with E-state index < -0.39 is 60.0 Å². The van der Waals surface area contributed by atoms with Gasteiger partial charge in [-0.15, -0.1) is 0 Å². The Bertz CT molecular complexity index is 835. The zero-order valence-corrected chi connectivity index (χ0v) is 13.4. The van der Waals surface area contributed by atoms with Crippen LogP contribution in [0.2, 0.25) is 0 Å². The molecule has 1 saturated heterocycles. The lowest BCUT2D eigenvalue weighted by atomic mass is 10.2. The summed E-state index contributed by atoms with van der Waals surface area (Å²) in [4.78, 5) is 48.3. The van der Waals surface area contributed by atoms with Crippen molar-refractivity contribution in [2.45, 2.75) is 44.9 Å². The van der Waals surface area contributed by atoms with Gasteiger partial charge in [0.2, 0.25) is 0 Å². The lowest BCUT2D eigenvalue weighted by Crippen LogP contribution is -2.36. The van der Waals surface area contributed by atoms with Crippen LogP contribution in [0.25, 0.3) is 0 Å². The van der Waals surface area contributed by atoms with E-state index in [1.807, 2.05) is 0 Å². The predicted octanol–water partition coefficient (Wildman–Crippen LogP) is 0.495. The van der Waals surface area contributed by atoms with Crippen LogP contribution >= 0.6 is 0 Å². The molecule has 3 atom stereocenters. The van der Waals surface area contributed by atoms with E-state index >= 15 is 0 Å². The number of rotatable bonds is 4. The number of halogens is 3. The Morgan fingerprint density at radius 1 is 1.46 bits per heavy atom. The van der Waals surface area contributed by atoms with E-state index in [9.17, 15) is 32.3 Å². The number of aromatic amines is 1. The first-order valence-corrected chi connectivity index (χ1v) is 7.23. The summed E-state index contributed by atoms with van der Waals surface area (Å²) in [7, 11) is 0. The van der Waals surface area contributed by atoms with Crippen molar-refractivity contribution in [1.82, 2.24) is 9.55 Å². The van der Waals surface area contributed by atoms with Gasteiger partial charge in [-0.05, 0) is 6.90 Å². The van der Waals surface area contributed by atoms with Crippen LogP contribution in [0.4, 0.5) is 13.2 Å². The molecular formula is C14H15F3N2O7. The fraction of sp³-hybridized carbons (Fsp3) is 0.571. The van der Waals surface area contributed by atoms with Crippen molar-refractivity contribution >= 4 is 11.9 Å². The maximum Gasteiger partial charge on any atom is 0.422 e. The van der Waals surface area contributed by atoms with Crippen molar-refractivity contribution in [3.05, 3.63) is 32.6 Å². The van der Waals surface area contributed by atoms with Crippen LogP contribution in [0.3, 0.4) is 0 Å². The van der Waals surface area contributed by atoms with Crippen molar-refractivity contribution in [2.24, 2.45) is 0 Å². The molecule has 1 aliphatic heterocycles. The molecule has 0 bridgehead atoms. The van der Waals surface area contributed by atoms with Gasteiger partial charge in [0.15, 0.2) is 6.61 Å². The molecule has 1 aromatic rings. The Hall–Kier alpha value is -2.63. The molecule has 0 saturated carbocycles. The third-order valence-electron chi connectivity index (χ3n) is 3.36. The van der Waals surface area contributed by atoms with Crippen molar-refractivity contribution in [3.8, 4) is 0 Å². The zero-order valence-electron chi connectivity index (χ0n) is 14.4. The van der Waals surface area contributed by atoms with Crippen molar-refractivity contribution < 1.29 is 38.3 Å². The van der Waals surface area contributed by atoms with E-state index in [0.717, 1.165) is 11.5 Å². The van der Waals surface area contributed by atoms with Crippen LogP contribution in [0, 0.1) is 0 Å². The minimum Gasteiger partial charge on any atom is -0.460 e. The van der Waals surface area contributed by atoms with Crippen molar-refractivity contribution in [2.75, 3.05) is 6.61 Å². The quantitative estimate of drug-likeness (QED) is 0.755. The maximum absolute atomic E-state index is 12.2. The highest BCUT2D eigenvalue weighted by Gasteiger charge is 2.37. The van der Waals surface area contributed by atoms with Gasteiger partial charge in [-0.25, -0.2) is 9.59 Å². The van der Waals surface area contributed by atoms with Gasteiger partial charge >= 0.3 is 23.8 Å². The van der Waals surface area contributed by atoms with Gasteiger partial charge in [-0.2, -0.15) is 13.2 Å². The van der Waals surface area contributed by atoms with E-state index in [4.69, 9.17) is 10.8 Å². The van der Waals surface area contributed by atoms with E-state index in [0.29, 0.717) is 6.20 Å². The minimum absolute atomic E-state index is 0.0634. The average Bonchev–Trinajstić information content (AvgIpc) is 2.93. The molecule has 144 valence electrons. The molecule has 0 amide bonds. The lowest BCUT2D eigenvalue weighted by molar-refractivity contribution is -0.161. The number of alkyl halides is 3. The molecule has 2 rings (SSSR count). The Morgan fingerprint density at radius 3 is 2.73 bits per heavy atom. The molecule has 1 aromatic heterocycles. The third-order valence-corrected chi connectivity index (χ3v) is 3.36. The van der Waals surface area contributed by atoms with Crippen molar-refractivity contribution in [1.29, 1.82) is 0 Å². The maximum atomic E-state index is 12.2. The van der Waals surface area contributed by atoms with Crippen LogP contribution in [-0.4, -0.2) is 46.5 Å². The van der Waals surface area contributed by atoms with Crippen LogP contribution in [0.1, 0.15) is 38.2 Å². The number of aromatic nitrogens is 2. The van der Waals surface area contributed by atoms with Gasteiger partial charge in [0.1, 0.15) is 17.9 Å². The molecule has 12 heteroatoms. The molecule has 9 nitrogen and oxygen atoms in total. The topological polar surface area (TPSA) is 117 Å². The normalized spacial score (nSPS) is 23.4. The lowest BCUT2D eigenvalue weighted by Gasteiger charge is -2.14. The van der Waals surface area contributed by atoms with E-state index in [1.54, 1.807) is 4.98 Å². The summed E-state index contributed by atoms with van der Waals surface area (Å²) >= 11 is 0. The molecule has 26 heavy (non-hydrogen) atoms. The fourth-order valence-electron chi connectivity index (χ4n) is 2.28. The van der Waals surface area contributed by atoms with E-state index in [1.165, 1.54) is 0 Å². The molecule has 1 fully saturated rings. The van der Waals surface area contributed by atoms with E-state index in [-0.39, 0.29) is 13.3 Å². The second-order valence-corrected chi connectivity index (χ2v) is 5.41. The fourth-order valence-corrected chi connectivity index (χ4v) is 2.28. The SMILES string of the molecule is [2H]C[C@H]1O[C@@H](n2cc(C(=O)OCC(F)(F)F)c(=O)[nH]c2=O)CC1OC(C)=O. The van der Waals surface area contributed by atoms with Gasteiger partial charge in [0, 0.05) is 20.9 Å². The van der Waals surface area contributed by atoms with Crippen LogP contribution in [-0.2, 0) is 19.0 Å². The first kappa shape index (κ1) is 18.2. The monoisotopic (exact) mass is 381 g/mol. The molecule has 1 aliphatic rings. The summed E-state index contributed by atoms with van der Waals surface area (Å²) in [5.74, 6) is -2.21. The molecule has 0 radical (unpaired) electrons. The number of hydrogen-bond acceptors (Lipinski definition) is 7. The summed E-state index contributed by atoms with van der Waals surface area (Å²) in [5, 5.41) is 0. The number of carbonyl (C=O) groups is 2. The smallest absolute Gasteiger partial charge is 0.422 e. The zero-order chi connectivity index (χ0) is 20.4. The number of carbonyl (C=O) groups excluding carboxylic acids is 2. The van der Waals surface area contributed by atoms with Crippen molar-refractivity contribution in [3.63, 3.8) is 0 Å². The van der Waals surface area contributed by atoms with Gasteiger partial charge < -0.3 is 14.2 Å². The van der Waals surface area contributed by atoms with Gasteiger partial charge in [-0.1, -0.05) is 0 Å². The summed E-state index contributed by atoms with van der Waals surface area (Å²) in [6.45, 7) is -1.05. The second-order valence-electron chi connectivity index (χ2n) is 5.41. The van der Waals surface area contributed by atoms with Crippen LogP contribution in [0.5, 0.6) is 0 Å². The highest BCUT2D eigenvalue weighted by atomic mass is 19.4. The molecule has 0 spiro atoms. The van der Waals surface area contributed by atoms with Crippen LogP contribution in [0.15, 0.2) is 15.8 Å². The molecule has 0 aliphatic carbocycles. The molecule has 1 unspecified atom stereocenters. The number of H-pyrrole nitrogens is 1. The molecule has 0 aromatic carbocycles. The largest absolute Gasteiger partial charge is 0.460 e. The van der Waals surface area contributed by atoms with Gasteiger partial charge in [-0.3, -0.25) is 19.1 Å². The van der Waals surface area contributed by atoms with Gasteiger partial charge in [0.25, 0.3) is 5.56 Å².